The number of nitrogens with zero attached hydrogens (tertiary/aromatic N) is 1. The van der Waals surface area contributed by atoms with Crippen molar-refractivity contribution in [3.63, 3.8) is 0 Å². The third-order valence-electron chi connectivity index (χ3n) is 4.16. The van der Waals surface area contributed by atoms with Crippen LogP contribution in [0.1, 0.15) is 19.3 Å². The molecule has 0 bridgehead atoms. The van der Waals surface area contributed by atoms with E-state index in [1.807, 2.05) is 0 Å². The van der Waals surface area contributed by atoms with Crippen LogP contribution in [0.25, 0.3) is 0 Å². The molecule has 3 saturated heterocycles. The predicted octanol–water partition coefficient (Wildman–Crippen LogP) is 0.233. The molecule has 0 unspecified atom stereocenters. The predicted molar refractivity (Wildman–Crippen MR) is 60.0 cm³/mol. The molecule has 3 atom stereocenters. The Labute approximate surface area is 96.3 Å². The summed E-state index contributed by atoms with van der Waals surface area (Å²) in [6.07, 6.45) is 3.41. The van der Waals surface area contributed by atoms with Gasteiger partial charge in [-0.3, -0.25) is 4.79 Å². The fourth-order valence-corrected chi connectivity index (χ4v) is 3.15. The van der Waals surface area contributed by atoms with Gasteiger partial charge >= 0.3 is 0 Å². The number of piperidine rings is 1. The molecule has 0 aromatic carbocycles. The second-order valence-corrected chi connectivity index (χ2v) is 5.30. The number of likely N-dealkylation sites (tertiary alicyclic amines) is 1. The van der Waals surface area contributed by atoms with E-state index in [2.05, 4.69) is 10.2 Å². The van der Waals surface area contributed by atoms with Gasteiger partial charge in [-0.15, -0.1) is 0 Å². The van der Waals surface area contributed by atoms with Gasteiger partial charge in [-0.2, -0.15) is 0 Å². The van der Waals surface area contributed by atoms with Gasteiger partial charge in [-0.05, 0) is 19.4 Å². The molecule has 1 amide bonds. The Bertz CT molecular complexity index is 264. The summed E-state index contributed by atoms with van der Waals surface area (Å²) in [6.45, 7) is 4.54. The van der Waals surface area contributed by atoms with Gasteiger partial charge in [-0.25, -0.2) is 0 Å². The minimum absolute atomic E-state index is 0.0912. The van der Waals surface area contributed by atoms with Crippen molar-refractivity contribution in [3.05, 3.63) is 0 Å². The van der Waals surface area contributed by atoms with E-state index in [0.717, 1.165) is 39.3 Å². The van der Waals surface area contributed by atoms with E-state index in [-0.39, 0.29) is 6.04 Å². The summed E-state index contributed by atoms with van der Waals surface area (Å²) in [5.74, 6) is 1.54. The number of hydrogen-bond acceptors (Lipinski definition) is 3. The van der Waals surface area contributed by atoms with E-state index >= 15 is 0 Å². The molecule has 0 radical (unpaired) electrons. The molecule has 4 nitrogen and oxygen atoms in total. The lowest BCUT2D eigenvalue weighted by atomic mass is 10.0. The van der Waals surface area contributed by atoms with Crippen molar-refractivity contribution >= 4 is 5.91 Å². The first-order valence-electron chi connectivity index (χ1n) is 6.44. The van der Waals surface area contributed by atoms with E-state index in [1.165, 1.54) is 12.8 Å². The quantitative estimate of drug-likeness (QED) is 0.693. The van der Waals surface area contributed by atoms with E-state index in [4.69, 9.17) is 4.74 Å². The zero-order valence-corrected chi connectivity index (χ0v) is 9.65. The number of fused-ring (bicyclic) bond motifs is 1. The van der Waals surface area contributed by atoms with Gasteiger partial charge in [0.15, 0.2) is 0 Å². The molecule has 1 N–H and O–H groups in total. The molecule has 0 aromatic heterocycles. The highest BCUT2D eigenvalue weighted by molar-refractivity contribution is 5.82. The number of carbonyl (C=O) groups excluding carboxylic acids is 1. The van der Waals surface area contributed by atoms with Crippen molar-refractivity contribution in [2.45, 2.75) is 25.3 Å². The van der Waals surface area contributed by atoms with Gasteiger partial charge in [-0.1, -0.05) is 6.42 Å². The molecule has 90 valence electrons. The lowest BCUT2D eigenvalue weighted by molar-refractivity contribution is -0.133. The Morgan fingerprint density at radius 2 is 1.94 bits per heavy atom. The Morgan fingerprint density at radius 3 is 2.56 bits per heavy atom. The summed E-state index contributed by atoms with van der Waals surface area (Å²) < 4.78 is 5.43. The maximum Gasteiger partial charge on any atom is 0.239 e. The normalized spacial score (nSPS) is 38.8. The van der Waals surface area contributed by atoms with Crippen LogP contribution in [0.5, 0.6) is 0 Å². The Kier molecular flexibility index (Phi) is 2.86. The summed E-state index contributed by atoms with van der Waals surface area (Å²) in [4.78, 5) is 14.3. The largest absolute Gasteiger partial charge is 0.381 e. The van der Waals surface area contributed by atoms with E-state index in [9.17, 15) is 4.79 Å². The first kappa shape index (κ1) is 10.5. The highest BCUT2D eigenvalue weighted by Crippen LogP contribution is 2.29. The second-order valence-electron chi connectivity index (χ2n) is 5.30. The summed E-state index contributed by atoms with van der Waals surface area (Å²) in [5, 5.41) is 3.34. The number of rotatable bonds is 1. The molecule has 3 rings (SSSR count). The van der Waals surface area contributed by atoms with E-state index in [0.29, 0.717) is 17.7 Å². The van der Waals surface area contributed by atoms with Crippen molar-refractivity contribution in [2.75, 3.05) is 32.8 Å². The molecule has 16 heavy (non-hydrogen) atoms. The van der Waals surface area contributed by atoms with Gasteiger partial charge in [0.25, 0.3) is 0 Å². The lowest BCUT2D eigenvalue weighted by Gasteiger charge is -2.27. The standard InChI is InChI=1S/C12H20N2O2/c15-12(11-3-1-2-4-13-11)14-5-9-7-16-8-10(9)6-14/h9-11,13H,1-8H2/t9-,10-,11-/m0/s1. The summed E-state index contributed by atoms with van der Waals surface area (Å²) in [7, 11) is 0. The molecular weight excluding hydrogens is 204 g/mol. The summed E-state index contributed by atoms with van der Waals surface area (Å²) >= 11 is 0. The fourth-order valence-electron chi connectivity index (χ4n) is 3.15. The topological polar surface area (TPSA) is 41.6 Å². The monoisotopic (exact) mass is 224 g/mol. The van der Waals surface area contributed by atoms with Crippen LogP contribution < -0.4 is 5.32 Å². The molecule has 0 aromatic rings. The smallest absolute Gasteiger partial charge is 0.239 e. The molecular formula is C12H20N2O2. The van der Waals surface area contributed by atoms with Gasteiger partial charge in [0.05, 0.1) is 19.3 Å². The van der Waals surface area contributed by atoms with E-state index < -0.39 is 0 Å². The van der Waals surface area contributed by atoms with Crippen molar-refractivity contribution in [1.82, 2.24) is 10.2 Å². The number of hydrogen-bond donors (Lipinski definition) is 1. The average molecular weight is 224 g/mol. The lowest BCUT2D eigenvalue weighted by Crippen LogP contribution is -2.48. The Morgan fingerprint density at radius 1 is 1.19 bits per heavy atom. The summed E-state index contributed by atoms with van der Waals surface area (Å²) in [5.41, 5.74) is 0. The maximum absolute atomic E-state index is 12.3. The zero-order chi connectivity index (χ0) is 11.0. The second kappa shape index (κ2) is 4.34. The molecule has 3 aliphatic heterocycles. The minimum atomic E-state index is 0.0912. The molecule has 3 fully saturated rings. The van der Waals surface area contributed by atoms with Crippen molar-refractivity contribution in [2.24, 2.45) is 11.8 Å². The van der Waals surface area contributed by atoms with E-state index in [1.54, 1.807) is 0 Å². The molecule has 0 saturated carbocycles. The van der Waals surface area contributed by atoms with Crippen molar-refractivity contribution < 1.29 is 9.53 Å². The SMILES string of the molecule is O=C([C@@H]1CCCCN1)N1C[C@H]2COC[C@@H]2C1. The Balaban J connectivity index is 1.59. The average Bonchev–Trinajstić information content (AvgIpc) is 2.89. The highest BCUT2D eigenvalue weighted by Gasteiger charge is 2.40. The van der Waals surface area contributed by atoms with Gasteiger partial charge in [0.1, 0.15) is 0 Å². The number of nitrogens with one attached hydrogen (secondary N) is 1. The van der Waals surface area contributed by atoms with Crippen LogP contribution in [0.15, 0.2) is 0 Å². The van der Waals surface area contributed by atoms with Gasteiger partial charge in [0.2, 0.25) is 5.91 Å². The molecule has 0 aliphatic carbocycles. The van der Waals surface area contributed by atoms with Gasteiger partial charge < -0.3 is 15.0 Å². The zero-order valence-electron chi connectivity index (χ0n) is 9.65. The number of ether oxygens (including phenoxy) is 1. The van der Waals surface area contributed by atoms with Gasteiger partial charge in [0, 0.05) is 24.9 Å². The third kappa shape index (κ3) is 1.84. The minimum Gasteiger partial charge on any atom is -0.381 e. The maximum atomic E-state index is 12.3. The van der Waals surface area contributed by atoms with Crippen LogP contribution >= 0.6 is 0 Å². The first-order chi connectivity index (χ1) is 7.84. The number of amides is 1. The highest BCUT2D eigenvalue weighted by atomic mass is 16.5. The van der Waals surface area contributed by atoms with Crippen molar-refractivity contribution in [1.29, 1.82) is 0 Å². The third-order valence-corrected chi connectivity index (χ3v) is 4.16. The first-order valence-corrected chi connectivity index (χ1v) is 6.44. The number of carbonyl (C=O) groups is 1. The fraction of sp³-hybridized carbons (Fsp3) is 0.917. The van der Waals surface area contributed by atoms with Crippen molar-refractivity contribution in [3.8, 4) is 0 Å². The van der Waals surface area contributed by atoms with Crippen LogP contribution in [0.4, 0.5) is 0 Å². The molecule has 0 spiro atoms. The molecule has 3 aliphatic rings. The van der Waals surface area contributed by atoms with Crippen LogP contribution in [0.2, 0.25) is 0 Å². The van der Waals surface area contributed by atoms with Crippen LogP contribution in [-0.4, -0.2) is 49.7 Å². The van der Waals surface area contributed by atoms with Crippen LogP contribution in [-0.2, 0) is 9.53 Å². The van der Waals surface area contributed by atoms with Crippen LogP contribution in [0.3, 0.4) is 0 Å². The Hall–Kier alpha value is -0.610. The van der Waals surface area contributed by atoms with Crippen LogP contribution in [0, 0.1) is 11.8 Å². The summed E-state index contributed by atoms with van der Waals surface area (Å²) in [6, 6.07) is 0.0912. The molecule has 4 heteroatoms. The molecule has 3 heterocycles.